The maximum Gasteiger partial charge on any atom is 0.160 e. The number of hydrogen-bond acceptors (Lipinski definition) is 4. The minimum atomic E-state index is -0.266. The second-order valence-corrected chi connectivity index (χ2v) is 15.1. The van der Waals surface area contributed by atoms with Crippen molar-refractivity contribution in [2.24, 2.45) is 0 Å². The van der Waals surface area contributed by atoms with Crippen molar-refractivity contribution in [1.29, 1.82) is 0 Å². The molecule has 246 valence electrons. The fourth-order valence-electron chi connectivity index (χ4n) is 8.02. The maximum absolute atomic E-state index is 5.43. The Morgan fingerprint density at radius 1 is 0.462 bits per heavy atom. The van der Waals surface area contributed by atoms with E-state index in [0.29, 0.717) is 0 Å². The number of benzene rings is 6. The highest BCUT2D eigenvalue weighted by atomic mass is 32.1. The molecule has 0 fully saturated rings. The lowest BCUT2D eigenvalue weighted by Gasteiger charge is -2.24. The summed E-state index contributed by atoms with van der Waals surface area (Å²) in [5.41, 5.74) is 14.5. The van der Waals surface area contributed by atoms with Gasteiger partial charge in [0, 0.05) is 60.2 Å². The number of hydrogen-bond donors (Lipinski definition) is 0. The third-order valence-electron chi connectivity index (χ3n) is 10.6. The molecule has 0 radical (unpaired) electrons. The van der Waals surface area contributed by atoms with Crippen molar-refractivity contribution in [2.45, 2.75) is 19.3 Å². The van der Waals surface area contributed by atoms with Crippen LogP contribution in [0.25, 0.3) is 87.5 Å². The minimum Gasteiger partial charge on any atom is -0.265 e. The van der Waals surface area contributed by atoms with Crippen molar-refractivity contribution in [2.75, 3.05) is 0 Å². The molecule has 0 atom stereocenters. The highest BCUT2D eigenvalue weighted by molar-refractivity contribution is 7.26. The average Bonchev–Trinajstić information content (AvgIpc) is 3.70. The zero-order valence-corrected chi connectivity index (χ0v) is 29.7. The summed E-state index contributed by atoms with van der Waals surface area (Å²) in [5, 5.41) is 2.63. The maximum atomic E-state index is 5.43. The van der Waals surface area contributed by atoms with Crippen LogP contribution in [0.4, 0.5) is 0 Å². The fraction of sp³-hybridized carbons (Fsp3) is 0.0625. The van der Waals surface area contributed by atoms with Crippen LogP contribution in [-0.2, 0) is 5.41 Å². The molecule has 0 spiro atoms. The Balaban J connectivity index is 1.12. The van der Waals surface area contributed by atoms with Crippen molar-refractivity contribution < 1.29 is 0 Å². The molecule has 6 aromatic carbocycles. The number of thiophene rings is 1. The molecule has 52 heavy (non-hydrogen) atoms. The number of fused-ring (bicyclic) bond motifs is 6. The van der Waals surface area contributed by atoms with Crippen LogP contribution in [0.3, 0.4) is 0 Å². The number of pyridine rings is 1. The van der Waals surface area contributed by atoms with E-state index in [-0.39, 0.29) is 5.41 Å². The topological polar surface area (TPSA) is 38.7 Å². The Kier molecular flexibility index (Phi) is 7.02. The van der Waals surface area contributed by atoms with Gasteiger partial charge in [-0.2, -0.15) is 0 Å². The van der Waals surface area contributed by atoms with Gasteiger partial charge in [-0.1, -0.05) is 129 Å². The van der Waals surface area contributed by atoms with Crippen molar-refractivity contribution in [1.82, 2.24) is 15.0 Å². The van der Waals surface area contributed by atoms with E-state index >= 15 is 0 Å². The van der Waals surface area contributed by atoms with E-state index in [1.54, 1.807) is 0 Å². The van der Waals surface area contributed by atoms with Gasteiger partial charge in [-0.05, 0) is 75.3 Å². The molecule has 0 N–H and O–H groups in total. The molecular formula is C48H33N3S. The summed E-state index contributed by atoms with van der Waals surface area (Å²) < 4.78 is 2.65. The van der Waals surface area contributed by atoms with E-state index in [0.717, 1.165) is 45.0 Å². The van der Waals surface area contributed by atoms with Gasteiger partial charge in [0.2, 0.25) is 0 Å². The van der Waals surface area contributed by atoms with Crippen molar-refractivity contribution in [3.05, 3.63) is 175 Å². The molecule has 10 rings (SSSR count). The Hall–Kier alpha value is -6.23. The van der Waals surface area contributed by atoms with E-state index in [1.165, 1.54) is 53.6 Å². The second-order valence-electron chi connectivity index (χ2n) is 14.0. The molecule has 0 saturated heterocycles. The largest absolute Gasteiger partial charge is 0.265 e. The predicted molar refractivity (Wildman–Crippen MR) is 217 cm³/mol. The molecule has 1 aliphatic carbocycles. The molecular weight excluding hydrogens is 651 g/mol. The summed E-state index contributed by atoms with van der Waals surface area (Å²) in [4.78, 5) is 15.0. The molecule has 1 aliphatic rings. The smallest absolute Gasteiger partial charge is 0.160 e. The van der Waals surface area contributed by atoms with Crippen LogP contribution in [0, 0.1) is 0 Å². The normalized spacial score (nSPS) is 13.0. The molecule has 0 unspecified atom stereocenters. The van der Waals surface area contributed by atoms with Crippen molar-refractivity contribution in [3.63, 3.8) is 0 Å². The lowest BCUT2D eigenvalue weighted by molar-refractivity contribution is 0.658. The van der Waals surface area contributed by atoms with Gasteiger partial charge < -0.3 is 0 Å². The number of aromatic nitrogens is 3. The van der Waals surface area contributed by atoms with Crippen LogP contribution in [0.2, 0.25) is 0 Å². The van der Waals surface area contributed by atoms with Crippen LogP contribution in [0.15, 0.2) is 164 Å². The van der Waals surface area contributed by atoms with Crippen LogP contribution in [0.5, 0.6) is 0 Å². The molecule has 3 heterocycles. The first-order valence-electron chi connectivity index (χ1n) is 17.7. The van der Waals surface area contributed by atoms with E-state index in [9.17, 15) is 0 Å². The van der Waals surface area contributed by atoms with Gasteiger partial charge >= 0.3 is 0 Å². The highest BCUT2D eigenvalue weighted by Crippen LogP contribution is 2.51. The third-order valence-corrected chi connectivity index (χ3v) is 11.8. The molecule has 0 aliphatic heterocycles. The molecule has 3 aromatic heterocycles. The Morgan fingerprint density at radius 2 is 1.04 bits per heavy atom. The Bertz CT molecular complexity index is 2830. The molecule has 9 aromatic rings. The van der Waals surface area contributed by atoms with Crippen molar-refractivity contribution >= 4 is 31.5 Å². The Morgan fingerprint density at radius 3 is 1.87 bits per heavy atom. The van der Waals surface area contributed by atoms with Crippen LogP contribution < -0.4 is 0 Å². The second kappa shape index (κ2) is 11.9. The molecule has 0 amide bonds. The Labute approximate surface area is 307 Å². The molecule has 0 bridgehead atoms. The lowest BCUT2D eigenvalue weighted by atomic mass is 9.80. The van der Waals surface area contributed by atoms with Gasteiger partial charge in [0.25, 0.3) is 0 Å². The first-order valence-corrected chi connectivity index (χ1v) is 18.5. The van der Waals surface area contributed by atoms with Gasteiger partial charge in [0.15, 0.2) is 5.82 Å². The number of nitrogens with zero attached hydrogens (tertiary/aromatic N) is 3. The van der Waals surface area contributed by atoms with Crippen LogP contribution in [0.1, 0.15) is 25.0 Å². The lowest BCUT2D eigenvalue weighted by Crippen LogP contribution is -2.17. The average molecular weight is 684 g/mol. The first-order chi connectivity index (χ1) is 25.5. The van der Waals surface area contributed by atoms with Crippen LogP contribution >= 0.6 is 11.3 Å². The minimum absolute atomic E-state index is 0.266. The van der Waals surface area contributed by atoms with Gasteiger partial charge in [0.05, 0.1) is 11.4 Å². The summed E-state index contributed by atoms with van der Waals surface area (Å²) in [6, 6.07) is 54.5. The monoisotopic (exact) mass is 683 g/mol. The third kappa shape index (κ3) is 4.90. The van der Waals surface area contributed by atoms with Gasteiger partial charge in [-0.25, -0.2) is 9.97 Å². The fourth-order valence-corrected chi connectivity index (χ4v) is 9.26. The molecule has 0 saturated carbocycles. The van der Waals surface area contributed by atoms with Gasteiger partial charge in [-0.3, -0.25) is 4.98 Å². The summed E-state index contributed by atoms with van der Waals surface area (Å²) in [5.74, 6) is 0.723. The van der Waals surface area contributed by atoms with E-state index in [2.05, 4.69) is 158 Å². The standard InChI is InChI=1S/C48H33N3S/c1-48(2)41-21-5-3-18-40(41)45-43(48)44(50-47(51-45)36-16-9-11-31(29-36)30-23-25-49-26-24-30)35-15-8-13-33(28-35)32-12-7-14-34(27-32)37-19-10-20-39-38-17-4-6-22-42(38)52-46(37)39/h3-29H,1-2H3. The van der Waals surface area contributed by atoms with E-state index < -0.39 is 0 Å². The zero-order valence-electron chi connectivity index (χ0n) is 28.8. The predicted octanol–water partition coefficient (Wildman–Crippen LogP) is 12.9. The van der Waals surface area contributed by atoms with Crippen molar-refractivity contribution in [3.8, 4) is 67.3 Å². The quantitative estimate of drug-likeness (QED) is 0.181. The molecule has 4 heteroatoms. The van der Waals surface area contributed by atoms with E-state index in [4.69, 9.17) is 9.97 Å². The highest BCUT2D eigenvalue weighted by Gasteiger charge is 2.40. The summed E-state index contributed by atoms with van der Waals surface area (Å²) in [6.07, 6.45) is 3.66. The SMILES string of the molecule is CC1(C)c2ccccc2-c2nc(-c3cccc(-c4ccncc4)c3)nc(-c3cccc(-c4cccc(-c5cccc6c5sc5ccccc56)c4)c3)c21. The van der Waals surface area contributed by atoms with E-state index in [1.807, 2.05) is 35.9 Å². The first kappa shape index (κ1) is 30.6. The van der Waals surface area contributed by atoms with Crippen LogP contribution in [-0.4, -0.2) is 15.0 Å². The molecule has 3 nitrogen and oxygen atoms in total. The number of rotatable bonds is 5. The van der Waals surface area contributed by atoms with Gasteiger partial charge in [-0.15, -0.1) is 11.3 Å². The summed E-state index contributed by atoms with van der Waals surface area (Å²) >= 11 is 1.87. The summed E-state index contributed by atoms with van der Waals surface area (Å²) in [7, 11) is 0. The van der Waals surface area contributed by atoms with Gasteiger partial charge in [0.1, 0.15) is 0 Å². The zero-order chi connectivity index (χ0) is 34.8. The summed E-state index contributed by atoms with van der Waals surface area (Å²) in [6.45, 7) is 4.60.